The first-order chi connectivity index (χ1) is 22.2. The van der Waals surface area contributed by atoms with Crippen molar-refractivity contribution < 1.29 is 36.6 Å². The highest BCUT2D eigenvalue weighted by atomic mass is 19.3. The van der Waals surface area contributed by atoms with Crippen LogP contribution in [0.3, 0.4) is 0 Å². The quantitative estimate of drug-likeness (QED) is 0.226. The Morgan fingerprint density at radius 3 is 2.36 bits per heavy atom. The van der Waals surface area contributed by atoms with Crippen LogP contribution in [0.25, 0.3) is 11.1 Å². The van der Waals surface area contributed by atoms with E-state index < -0.39 is 43.0 Å². The maximum atomic E-state index is 13.6. The van der Waals surface area contributed by atoms with Crippen LogP contribution >= 0.6 is 0 Å². The fourth-order valence-electron chi connectivity index (χ4n) is 5.21. The fraction of sp³-hybridized carbons (Fsp3) is 0.455. The molecule has 1 aromatic carbocycles. The van der Waals surface area contributed by atoms with Crippen molar-refractivity contribution >= 4 is 17.6 Å². The summed E-state index contributed by atoms with van der Waals surface area (Å²) in [6.07, 6.45) is 3.08. The van der Waals surface area contributed by atoms with E-state index in [9.17, 15) is 31.9 Å². The number of nitrogens with one attached hydrogen (secondary N) is 2. The van der Waals surface area contributed by atoms with Crippen LogP contribution in [0.2, 0.25) is 0 Å². The summed E-state index contributed by atoms with van der Waals surface area (Å²) in [6, 6.07) is 8.06. The summed E-state index contributed by atoms with van der Waals surface area (Å²) in [7, 11) is 0. The third-order valence-electron chi connectivity index (χ3n) is 7.46. The smallest absolute Gasteiger partial charge is 0.387 e. The number of pyridine rings is 2. The number of carbonyl (C=O) groups excluding carboxylic acids is 2. The summed E-state index contributed by atoms with van der Waals surface area (Å²) in [5.41, 5.74) is 0.508. The van der Waals surface area contributed by atoms with Gasteiger partial charge in [0, 0.05) is 24.8 Å². The third kappa shape index (κ3) is 8.47. The zero-order chi connectivity index (χ0) is 34.0. The van der Waals surface area contributed by atoms with Gasteiger partial charge in [-0.2, -0.15) is 13.8 Å². The molecule has 10 nitrogen and oxygen atoms in total. The lowest BCUT2D eigenvalue weighted by Gasteiger charge is -2.39. The van der Waals surface area contributed by atoms with E-state index in [1.165, 1.54) is 24.3 Å². The van der Waals surface area contributed by atoms with Crippen LogP contribution in [-0.4, -0.2) is 64.5 Å². The predicted octanol–water partition coefficient (Wildman–Crippen LogP) is 5.72. The molecule has 2 aliphatic rings. The molecule has 0 unspecified atom stereocenters. The Hall–Kier alpha value is -4.46. The van der Waals surface area contributed by atoms with Crippen LogP contribution in [-0.2, 0) is 6.54 Å². The number of anilines is 1. The number of alkyl halides is 4. The van der Waals surface area contributed by atoms with E-state index in [4.69, 9.17) is 4.74 Å². The molecule has 0 atom stereocenters. The summed E-state index contributed by atoms with van der Waals surface area (Å²) in [5.74, 6) is -4.49. The molecule has 1 aliphatic heterocycles. The molecule has 0 spiro atoms. The number of likely N-dealkylation sites (tertiary alicyclic amines) is 1. The summed E-state index contributed by atoms with van der Waals surface area (Å²) >= 11 is 0. The molecular formula is C33H37F4N5O5. The molecular weight excluding hydrogens is 622 g/mol. The number of carbonyl (C=O) groups is 2. The van der Waals surface area contributed by atoms with Crippen LogP contribution in [0.5, 0.6) is 11.6 Å². The second-order valence-electron chi connectivity index (χ2n) is 12.5. The van der Waals surface area contributed by atoms with Gasteiger partial charge in [-0.15, -0.1) is 0 Å². The van der Waals surface area contributed by atoms with Crippen molar-refractivity contribution in [3.63, 3.8) is 0 Å². The second-order valence-corrected chi connectivity index (χ2v) is 12.5. The van der Waals surface area contributed by atoms with Gasteiger partial charge in [-0.25, -0.2) is 8.78 Å². The molecule has 2 fully saturated rings. The standard InChI is InChI=1S/C33H37F4N5O5/c1-18(2)13-38-14-20-9-26(31(45)42(15-20)22-5-6-22)29(43)40-27-10-21(11-28(39-27)46-19(3)4)24-8-7-23(47-32(34)35)12-25(24)30(44)41-16-33(36,37)17-41/h7-12,15,18-19,22,32,38H,5-6,13-14,16-17H2,1-4H3,(H,39,40,43). The highest BCUT2D eigenvalue weighted by Gasteiger charge is 2.46. The minimum atomic E-state index is -3.18. The van der Waals surface area contributed by atoms with Crippen molar-refractivity contribution in [3.8, 4) is 22.8 Å². The summed E-state index contributed by atoms with van der Waals surface area (Å²) in [5, 5.41) is 6.00. The van der Waals surface area contributed by atoms with Gasteiger partial charge >= 0.3 is 6.61 Å². The summed E-state index contributed by atoms with van der Waals surface area (Å²) in [6.45, 7) is 4.02. The molecule has 3 aromatic rings. The first kappa shape index (κ1) is 33.9. The van der Waals surface area contributed by atoms with Gasteiger partial charge in [0.1, 0.15) is 17.1 Å². The molecule has 2 N–H and O–H groups in total. The van der Waals surface area contributed by atoms with E-state index in [0.717, 1.165) is 35.9 Å². The molecule has 1 saturated carbocycles. The molecule has 1 saturated heterocycles. The maximum Gasteiger partial charge on any atom is 0.387 e. The number of benzene rings is 1. The number of nitrogens with zero attached hydrogens (tertiary/aromatic N) is 3. The van der Waals surface area contributed by atoms with Crippen LogP contribution in [0.4, 0.5) is 23.4 Å². The molecule has 5 rings (SSSR count). The number of rotatable bonds is 13. The lowest BCUT2D eigenvalue weighted by molar-refractivity contribution is -0.113. The first-order valence-corrected chi connectivity index (χ1v) is 15.4. The highest BCUT2D eigenvalue weighted by Crippen LogP contribution is 2.36. The minimum absolute atomic E-state index is 0.0194. The first-order valence-electron chi connectivity index (χ1n) is 15.4. The van der Waals surface area contributed by atoms with Gasteiger partial charge in [-0.1, -0.05) is 13.8 Å². The topological polar surface area (TPSA) is 115 Å². The van der Waals surface area contributed by atoms with E-state index in [2.05, 4.69) is 34.2 Å². The summed E-state index contributed by atoms with van der Waals surface area (Å²) < 4.78 is 65.2. The fourth-order valence-corrected chi connectivity index (χ4v) is 5.21. The van der Waals surface area contributed by atoms with Gasteiger partial charge in [-0.3, -0.25) is 14.4 Å². The van der Waals surface area contributed by atoms with Crippen LogP contribution in [0.15, 0.2) is 47.4 Å². The van der Waals surface area contributed by atoms with Gasteiger partial charge in [0.05, 0.1) is 24.8 Å². The zero-order valence-electron chi connectivity index (χ0n) is 26.5. The normalized spacial score (nSPS) is 15.6. The Bertz CT molecular complexity index is 1700. The number of ether oxygens (including phenoxy) is 2. The molecule has 14 heteroatoms. The second kappa shape index (κ2) is 13.7. The van der Waals surface area contributed by atoms with Gasteiger partial charge in [0.15, 0.2) is 0 Å². The van der Waals surface area contributed by atoms with Gasteiger partial charge < -0.3 is 29.6 Å². The largest absolute Gasteiger partial charge is 0.475 e. The lowest BCUT2D eigenvalue weighted by Crippen LogP contribution is -2.58. The van der Waals surface area contributed by atoms with Crippen molar-refractivity contribution in [1.29, 1.82) is 0 Å². The van der Waals surface area contributed by atoms with Crippen molar-refractivity contribution in [3.05, 3.63) is 69.6 Å². The summed E-state index contributed by atoms with van der Waals surface area (Å²) in [4.78, 5) is 45.6. The molecule has 0 radical (unpaired) electrons. The average Bonchev–Trinajstić information content (AvgIpc) is 3.80. The molecule has 1 aliphatic carbocycles. The average molecular weight is 660 g/mol. The Morgan fingerprint density at radius 2 is 1.74 bits per heavy atom. The Labute approximate surface area is 269 Å². The SMILES string of the molecule is CC(C)CNCc1cc(C(=O)Nc2cc(-c3ccc(OC(F)F)cc3C(=O)N3CC(F)(F)C3)cc(OC(C)C)n2)c(=O)n(C2CC2)c1. The van der Waals surface area contributed by atoms with E-state index in [1.807, 2.05) is 0 Å². The third-order valence-corrected chi connectivity index (χ3v) is 7.46. The number of hydrogen-bond donors (Lipinski definition) is 2. The van der Waals surface area contributed by atoms with Crippen LogP contribution < -0.4 is 25.7 Å². The van der Waals surface area contributed by atoms with E-state index in [1.54, 1.807) is 30.7 Å². The predicted molar refractivity (Wildman–Crippen MR) is 166 cm³/mol. The van der Waals surface area contributed by atoms with Crippen LogP contribution in [0.1, 0.15) is 72.9 Å². The van der Waals surface area contributed by atoms with Crippen molar-refractivity contribution in [2.45, 2.75) is 71.8 Å². The Morgan fingerprint density at radius 1 is 1.02 bits per heavy atom. The van der Waals surface area contributed by atoms with Crippen LogP contribution in [0, 0.1) is 5.92 Å². The Balaban J connectivity index is 1.51. The monoisotopic (exact) mass is 659 g/mol. The van der Waals surface area contributed by atoms with Crippen molar-refractivity contribution in [1.82, 2.24) is 19.8 Å². The lowest BCUT2D eigenvalue weighted by atomic mass is 9.97. The van der Waals surface area contributed by atoms with Gasteiger partial charge in [0.2, 0.25) is 5.88 Å². The highest BCUT2D eigenvalue weighted by molar-refractivity contribution is 6.05. The Kier molecular flexibility index (Phi) is 9.89. The molecule has 47 heavy (non-hydrogen) atoms. The molecule has 3 heterocycles. The number of aromatic nitrogens is 2. The van der Waals surface area contributed by atoms with E-state index in [-0.39, 0.29) is 51.8 Å². The van der Waals surface area contributed by atoms with Crippen molar-refractivity contribution in [2.75, 3.05) is 25.0 Å². The van der Waals surface area contributed by atoms with Crippen molar-refractivity contribution in [2.24, 2.45) is 5.92 Å². The maximum absolute atomic E-state index is 13.6. The molecule has 2 aromatic heterocycles. The van der Waals surface area contributed by atoms with Gasteiger partial charge in [0.25, 0.3) is 23.3 Å². The number of amides is 2. The molecule has 252 valence electrons. The number of hydrogen-bond acceptors (Lipinski definition) is 7. The molecule has 2 amide bonds. The van der Waals surface area contributed by atoms with E-state index >= 15 is 0 Å². The van der Waals surface area contributed by atoms with Gasteiger partial charge in [-0.05, 0) is 86.2 Å². The zero-order valence-corrected chi connectivity index (χ0v) is 26.5. The minimum Gasteiger partial charge on any atom is -0.475 e. The molecule has 0 bridgehead atoms. The van der Waals surface area contributed by atoms with E-state index in [0.29, 0.717) is 12.5 Å². The number of halogens is 4.